The molecule has 2 aromatic carbocycles. The van der Waals surface area contributed by atoms with Crippen LogP contribution < -0.4 is 5.43 Å². The van der Waals surface area contributed by atoms with Crippen LogP contribution in [0.5, 0.6) is 0 Å². The normalized spacial score (nSPS) is 11.3. The zero-order valence-electron chi connectivity index (χ0n) is 16.0. The minimum atomic E-state index is -0.698. The number of nitro benzene ring substituents is 2. The first kappa shape index (κ1) is 19.7. The van der Waals surface area contributed by atoms with E-state index in [-0.39, 0.29) is 11.4 Å². The van der Waals surface area contributed by atoms with Gasteiger partial charge in [0, 0.05) is 11.6 Å². The van der Waals surface area contributed by atoms with Gasteiger partial charge in [-0.05, 0) is 38.0 Å². The van der Waals surface area contributed by atoms with Gasteiger partial charge in [0.25, 0.3) is 5.69 Å². The highest BCUT2D eigenvalue weighted by molar-refractivity contribution is 6.03. The Morgan fingerprint density at radius 1 is 1.03 bits per heavy atom. The number of rotatable bonds is 6. The lowest BCUT2D eigenvalue weighted by Crippen LogP contribution is -2.03. The first-order chi connectivity index (χ1) is 13.8. The fraction of sp³-hybridized carbons (Fsp3) is 0.150. The fourth-order valence-electron chi connectivity index (χ4n) is 2.91. The number of furan rings is 1. The molecule has 0 unspecified atom stereocenters. The lowest BCUT2D eigenvalue weighted by Gasteiger charge is -2.06. The van der Waals surface area contributed by atoms with E-state index in [2.05, 4.69) is 10.5 Å². The number of hydrogen-bond donors (Lipinski definition) is 1. The van der Waals surface area contributed by atoms with Gasteiger partial charge in [0.1, 0.15) is 17.2 Å². The van der Waals surface area contributed by atoms with Gasteiger partial charge in [0.05, 0.1) is 15.9 Å². The first-order valence-electron chi connectivity index (χ1n) is 8.68. The molecule has 0 atom stereocenters. The maximum atomic E-state index is 11.3. The average Bonchev–Trinajstić information content (AvgIpc) is 3.01. The molecule has 0 aliphatic carbocycles. The number of anilines is 1. The molecule has 9 nitrogen and oxygen atoms in total. The van der Waals surface area contributed by atoms with E-state index in [9.17, 15) is 20.2 Å². The van der Waals surface area contributed by atoms with Gasteiger partial charge < -0.3 is 4.42 Å². The molecule has 0 aliphatic rings. The molecule has 3 rings (SSSR count). The summed E-state index contributed by atoms with van der Waals surface area (Å²) >= 11 is 0. The highest BCUT2D eigenvalue weighted by Crippen LogP contribution is 2.33. The van der Waals surface area contributed by atoms with Gasteiger partial charge in [-0.3, -0.25) is 25.7 Å². The van der Waals surface area contributed by atoms with E-state index in [4.69, 9.17) is 4.42 Å². The van der Waals surface area contributed by atoms with Crippen LogP contribution in [-0.4, -0.2) is 15.6 Å². The van der Waals surface area contributed by atoms with Gasteiger partial charge >= 0.3 is 5.69 Å². The maximum Gasteiger partial charge on any atom is 0.301 e. The number of aryl methyl sites for hydroxylation is 1. The molecule has 0 saturated carbocycles. The van der Waals surface area contributed by atoms with Gasteiger partial charge in [-0.15, -0.1) is 0 Å². The van der Waals surface area contributed by atoms with E-state index in [0.29, 0.717) is 11.5 Å². The molecule has 29 heavy (non-hydrogen) atoms. The summed E-state index contributed by atoms with van der Waals surface area (Å²) in [7, 11) is 0. The summed E-state index contributed by atoms with van der Waals surface area (Å²) in [5.74, 6) is 1.29. The van der Waals surface area contributed by atoms with Gasteiger partial charge in [-0.25, -0.2) is 0 Å². The largest absolute Gasteiger partial charge is 0.459 e. The number of non-ortho nitro benzene ring substituents is 1. The maximum absolute atomic E-state index is 11.3. The van der Waals surface area contributed by atoms with Crippen LogP contribution in [0, 0.1) is 34.1 Å². The van der Waals surface area contributed by atoms with E-state index in [0.717, 1.165) is 28.5 Å². The summed E-state index contributed by atoms with van der Waals surface area (Å²) in [5.41, 5.74) is 5.18. The molecule has 0 spiro atoms. The Morgan fingerprint density at radius 2 is 1.72 bits per heavy atom. The van der Waals surface area contributed by atoms with Crippen molar-refractivity contribution in [3.63, 3.8) is 0 Å². The van der Waals surface area contributed by atoms with E-state index in [1.54, 1.807) is 6.92 Å². The zero-order chi connectivity index (χ0) is 21.1. The van der Waals surface area contributed by atoms with E-state index in [1.807, 2.05) is 44.2 Å². The van der Waals surface area contributed by atoms with Gasteiger partial charge in [-0.2, -0.15) is 5.10 Å². The third-order valence-corrected chi connectivity index (χ3v) is 4.51. The lowest BCUT2D eigenvalue weighted by molar-refractivity contribution is -0.393. The second-order valence-electron chi connectivity index (χ2n) is 6.38. The van der Waals surface area contributed by atoms with Gasteiger partial charge in [0.15, 0.2) is 5.76 Å². The second-order valence-corrected chi connectivity index (χ2v) is 6.38. The minimum absolute atomic E-state index is 0.0428. The number of nitrogens with zero attached hydrogens (tertiary/aromatic N) is 3. The van der Waals surface area contributed by atoms with Crippen molar-refractivity contribution in [2.75, 3.05) is 5.43 Å². The smallest absolute Gasteiger partial charge is 0.301 e. The molecule has 0 bridgehead atoms. The van der Waals surface area contributed by atoms with Crippen molar-refractivity contribution < 1.29 is 14.3 Å². The summed E-state index contributed by atoms with van der Waals surface area (Å²) < 4.78 is 5.88. The molecular weight excluding hydrogens is 376 g/mol. The molecule has 0 radical (unpaired) electrons. The monoisotopic (exact) mass is 394 g/mol. The number of hydrazone groups is 1. The summed E-state index contributed by atoms with van der Waals surface area (Å²) in [5, 5.41) is 26.4. The third-order valence-electron chi connectivity index (χ3n) is 4.51. The molecule has 0 fully saturated rings. The van der Waals surface area contributed by atoms with E-state index in [1.165, 1.54) is 12.1 Å². The summed E-state index contributed by atoms with van der Waals surface area (Å²) in [4.78, 5) is 20.8. The van der Waals surface area contributed by atoms with Crippen molar-refractivity contribution in [1.82, 2.24) is 0 Å². The molecule has 1 N–H and O–H groups in total. The predicted octanol–water partition coefficient (Wildman–Crippen LogP) is 5.22. The van der Waals surface area contributed by atoms with Gasteiger partial charge in [0.2, 0.25) is 0 Å². The van der Waals surface area contributed by atoms with E-state index < -0.39 is 15.5 Å². The Balaban J connectivity index is 1.99. The van der Waals surface area contributed by atoms with Crippen molar-refractivity contribution in [2.24, 2.45) is 5.10 Å². The summed E-state index contributed by atoms with van der Waals surface area (Å²) in [6, 6.07) is 13.0. The first-order valence-corrected chi connectivity index (χ1v) is 8.68. The molecule has 1 heterocycles. The topological polar surface area (TPSA) is 124 Å². The molecule has 1 aromatic heterocycles. The number of hydrogen-bond acceptors (Lipinski definition) is 7. The Morgan fingerprint density at radius 3 is 2.34 bits per heavy atom. The molecule has 148 valence electrons. The van der Waals surface area contributed by atoms with Crippen LogP contribution in [0.2, 0.25) is 0 Å². The second kappa shape index (κ2) is 7.93. The fourth-order valence-corrected chi connectivity index (χ4v) is 2.91. The SMILES string of the molecule is C/C(=N/Nc1ccc([N+](=O)[O-])cc1[N+](=O)[O-])c1oc(C)c(C)c1-c1ccccc1. The highest BCUT2D eigenvalue weighted by Gasteiger charge is 2.21. The molecule has 3 aromatic rings. The highest BCUT2D eigenvalue weighted by atomic mass is 16.6. The van der Waals surface area contributed by atoms with Crippen LogP contribution in [0.1, 0.15) is 24.0 Å². The Labute approximate surface area is 166 Å². The summed E-state index contributed by atoms with van der Waals surface area (Å²) in [6.45, 7) is 5.52. The van der Waals surface area contributed by atoms with Gasteiger partial charge in [-0.1, -0.05) is 30.3 Å². The Hall–Kier alpha value is -4.01. The molecule has 0 aliphatic heterocycles. The van der Waals surface area contributed by atoms with Crippen molar-refractivity contribution in [3.8, 4) is 11.1 Å². The van der Waals surface area contributed by atoms with Crippen LogP contribution in [0.25, 0.3) is 11.1 Å². The quantitative estimate of drug-likeness (QED) is 0.347. The number of benzene rings is 2. The number of nitrogens with one attached hydrogen (secondary N) is 1. The predicted molar refractivity (Wildman–Crippen MR) is 109 cm³/mol. The molecule has 0 amide bonds. The number of nitro groups is 2. The van der Waals surface area contributed by atoms with Crippen LogP contribution in [0.3, 0.4) is 0 Å². The standard InChI is InChI=1S/C20H18N4O5/c1-12-14(3)29-20(19(12)15-7-5-4-6-8-15)13(2)21-22-17-10-9-16(23(25)26)11-18(17)24(27)28/h4-11,22H,1-3H3/b21-13-. The van der Waals surface area contributed by atoms with Crippen molar-refractivity contribution in [3.05, 3.63) is 85.8 Å². The molecule has 9 heteroatoms. The Kier molecular flexibility index (Phi) is 5.40. The van der Waals surface area contributed by atoms with Crippen molar-refractivity contribution >= 4 is 22.8 Å². The van der Waals surface area contributed by atoms with Crippen molar-refractivity contribution in [2.45, 2.75) is 20.8 Å². The third kappa shape index (κ3) is 3.98. The van der Waals surface area contributed by atoms with Crippen LogP contribution in [0.15, 0.2) is 58.0 Å². The van der Waals surface area contributed by atoms with Crippen LogP contribution >= 0.6 is 0 Å². The average molecular weight is 394 g/mol. The lowest BCUT2D eigenvalue weighted by atomic mass is 10.00. The molecular formula is C20H18N4O5. The summed E-state index contributed by atoms with van der Waals surface area (Å²) in [6.07, 6.45) is 0. The van der Waals surface area contributed by atoms with Crippen LogP contribution in [0.4, 0.5) is 17.1 Å². The van der Waals surface area contributed by atoms with Crippen molar-refractivity contribution in [1.29, 1.82) is 0 Å². The zero-order valence-corrected chi connectivity index (χ0v) is 16.0. The van der Waals surface area contributed by atoms with Crippen LogP contribution in [-0.2, 0) is 0 Å². The minimum Gasteiger partial charge on any atom is -0.459 e. The molecule has 0 saturated heterocycles. The van der Waals surface area contributed by atoms with E-state index >= 15 is 0 Å². The Bertz CT molecular complexity index is 1120.